The van der Waals surface area contributed by atoms with Crippen LogP contribution >= 0.6 is 0 Å². The lowest BCUT2D eigenvalue weighted by Crippen LogP contribution is -2.31. The van der Waals surface area contributed by atoms with E-state index in [0.717, 1.165) is 11.3 Å². The molecule has 0 aliphatic rings. The quantitative estimate of drug-likeness (QED) is 0.785. The summed E-state index contributed by atoms with van der Waals surface area (Å²) in [4.78, 5) is 11.1. The lowest BCUT2D eigenvalue weighted by molar-refractivity contribution is -0.128. The van der Waals surface area contributed by atoms with Gasteiger partial charge in [-0.1, -0.05) is 12.1 Å². The molecule has 0 saturated carbocycles. The summed E-state index contributed by atoms with van der Waals surface area (Å²) >= 11 is 0. The normalized spacial score (nSPS) is 11.9. The molecular formula is C12H17NO3. The molecule has 4 heteroatoms. The Balaban J connectivity index is 2.46. The van der Waals surface area contributed by atoms with Gasteiger partial charge in [0.05, 0.1) is 6.61 Å². The largest absolute Gasteiger partial charge is 0.494 e. The number of ether oxygens (including phenoxy) is 1. The third kappa shape index (κ3) is 3.90. The summed E-state index contributed by atoms with van der Waals surface area (Å²) in [6.45, 7) is 4.42. The van der Waals surface area contributed by atoms with Crippen LogP contribution < -0.4 is 10.1 Å². The van der Waals surface area contributed by atoms with E-state index in [4.69, 9.17) is 9.84 Å². The number of benzene rings is 1. The molecule has 0 aliphatic heterocycles. The van der Waals surface area contributed by atoms with Crippen LogP contribution in [0.25, 0.3) is 0 Å². The molecule has 0 saturated heterocycles. The van der Waals surface area contributed by atoms with Gasteiger partial charge in [0.1, 0.15) is 11.9 Å². The molecule has 1 atom stereocenters. The predicted octanol–water partition coefficient (Wildman–Crippen LogP) is 1.08. The van der Waals surface area contributed by atoms with Crippen LogP contribution in [0, 0.1) is 0 Å². The smallest absolute Gasteiger partial charge is 0.248 e. The van der Waals surface area contributed by atoms with Crippen molar-refractivity contribution in [2.45, 2.75) is 26.5 Å². The molecule has 0 heterocycles. The van der Waals surface area contributed by atoms with Crippen LogP contribution in [-0.4, -0.2) is 23.7 Å². The highest BCUT2D eigenvalue weighted by Crippen LogP contribution is 2.11. The Hall–Kier alpha value is -1.55. The first-order chi connectivity index (χ1) is 7.63. The van der Waals surface area contributed by atoms with E-state index in [1.807, 2.05) is 31.2 Å². The van der Waals surface area contributed by atoms with Crippen molar-refractivity contribution >= 4 is 5.91 Å². The number of aliphatic hydroxyl groups is 1. The van der Waals surface area contributed by atoms with E-state index in [0.29, 0.717) is 13.2 Å². The molecule has 1 amide bonds. The van der Waals surface area contributed by atoms with E-state index in [9.17, 15) is 4.79 Å². The number of rotatable bonds is 5. The zero-order valence-corrected chi connectivity index (χ0v) is 9.56. The van der Waals surface area contributed by atoms with E-state index in [-0.39, 0.29) is 5.91 Å². The number of amides is 1. The Morgan fingerprint density at radius 1 is 1.44 bits per heavy atom. The standard InChI is InChI=1S/C12H17NO3/c1-3-16-11-6-4-10(5-7-11)8-13-12(15)9(2)14/h4-7,9,14H,3,8H2,1-2H3,(H,13,15). The third-order valence-corrected chi connectivity index (χ3v) is 2.08. The maximum atomic E-state index is 11.1. The minimum atomic E-state index is -0.970. The monoisotopic (exact) mass is 223 g/mol. The van der Waals surface area contributed by atoms with Crippen molar-refractivity contribution in [3.63, 3.8) is 0 Å². The van der Waals surface area contributed by atoms with Crippen molar-refractivity contribution in [3.05, 3.63) is 29.8 Å². The van der Waals surface area contributed by atoms with E-state index in [1.165, 1.54) is 6.92 Å². The number of aliphatic hydroxyl groups excluding tert-OH is 1. The van der Waals surface area contributed by atoms with Gasteiger partial charge in [-0.15, -0.1) is 0 Å². The third-order valence-electron chi connectivity index (χ3n) is 2.08. The molecule has 0 aromatic heterocycles. The molecule has 0 fully saturated rings. The van der Waals surface area contributed by atoms with Crippen molar-refractivity contribution in [1.29, 1.82) is 0 Å². The minimum Gasteiger partial charge on any atom is -0.494 e. The number of hydrogen-bond acceptors (Lipinski definition) is 3. The summed E-state index contributed by atoms with van der Waals surface area (Å²) in [5.41, 5.74) is 0.970. The van der Waals surface area contributed by atoms with Gasteiger partial charge < -0.3 is 15.2 Å². The van der Waals surface area contributed by atoms with Gasteiger partial charge in [0.25, 0.3) is 0 Å². The van der Waals surface area contributed by atoms with Crippen molar-refractivity contribution < 1.29 is 14.6 Å². The summed E-state index contributed by atoms with van der Waals surface area (Å²) in [5, 5.41) is 11.6. The average Bonchev–Trinajstić information content (AvgIpc) is 2.28. The zero-order chi connectivity index (χ0) is 12.0. The predicted molar refractivity (Wildman–Crippen MR) is 61.1 cm³/mol. The lowest BCUT2D eigenvalue weighted by Gasteiger charge is -2.08. The van der Waals surface area contributed by atoms with E-state index in [1.54, 1.807) is 0 Å². The molecule has 1 unspecified atom stereocenters. The van der Waals surface area contributed by atoms with Crippen LogP contribution in [0.2, 0.25) is 0 Å². The molecule has 0 bridgehead atoms. The maximum Gasteiger partial charge on any atom is 0.248 e. The van der Waals surface area contributed by atoms with E-state index >= 15 is 0 Å². The summed E-state index contributed by atoms with van der Waals surface area (Å²) in [5.74, 6) is 0.446. The maximum absolute atomic E-state index is 11.1. The summed E-state index contributed by atoms with van der Waals surface area (Å²) in [7, 11) is 0. The van der Waals surface area contributed by atoms with Crippen molar-refractivity contribution in [1.82, 2.24) is 5.32 Å². The topological polar surface area (TPSA) is 58.6 Å². The van der Waals surface area contributed by atoms with Gasteiger partial charge in [-0.25, -0.2) is 0 Å². The first kappa shape index (κ1) is 12.5. The molecule has 0 spiro atoms. The molecule has 88 valence electrons. The van der Waals surface area contributed by atoms with E-state index < -0.39 is 6.10 Å². The van der Waals surface area contributed by atoms with Gasteiger partial charge in [-0.2, -0.15) is 0 Å². The van der Waals surface area contributed by atoms with Gasteiger partial charge in [-0.3, -0.25) is 4.79 Å². The van der Waals surface area contributed by atoms with Crippen LogP contribution in [-0.2, 0) is 11.3 Å². The number of carbonyl (C=O) groups is 1. The summed E-state index contributed by atoms with van der Waals surface area (Å²) in [6.07, 6.45) is -0.970. The molecule has 1 aromatic carbocycles. The lowest BCUT2D eigenvalue weighted by atomic mass is 10.2. The van der Waals surface area contributed by atoms with Crippen molar-refractivity contribution in [2.24, 2.45) is 0 Å². The Morgan fingerprint density at radius 3 is 2.56 bits per heavy atom. The number of nitrogens with one attached hydrogen (secondary N) is 1. The number of hydrogen-bond donors (Lipinski definition) is 2. The fraction of sp³-hybridized carbons (Fsp3) is 0.417. The van der Waals surface area contributed by atoms with Crippen molar-refractivity contribution in [2.75, 3.05) is 6.61 Å². The van der Waals surface area contributed by atoms with E-state index in [2.05, 4.69) is 5.32 Å². The summed E-state index contributed by atoms with van der Waals surface area (Å²) in [6, 6.07) is 7.47. The van der Waals surface area contributed by atoms with Crippen LogP contribution in [0.5, 0.6) is 5.75 Å². The molecule has 1 aromatic rings. The SMILES string of the molecule is CCOc1ccc(CNC(=O)C(C)O)cc1. The molecule has 1 rings (SSSR count). The fourth-order valence-corrected chi connectivity index (χ4v) is 1.21. The van der Waals surface area contributed by atoms with Gasteiger partial charge >= 0.3 is 0 Å². The Morgan fingerprint density at radius 2 is 2.06 bits per heavy atom. The fourth-order valence-electron chi connectivity index (χ4n) is 1.21. The first-order valence-corrected chi connectivity index (χ1v) is 5.31. The van der Waals surface area contributed by atoms with Gasteiger partial charge in [0.2, 0.25) is 5.91 Å². The molecule has 4 nitrogen and oxygen atoms in total. The molecule has 0 radical (unpaired) electrons. The van der Waals surface area contributed by atoms with Crippen LogP contribution in [0.4, 0.5) is 0 Å². The average molecular weight is 223 g/mol. The molecule has 0 aliphatic carbocycles. The highest BCUT2D eigenvalue weighted by molar-refractivity contribution is 5.79. The van der Waals surface area contributed by atoms with Crippen LogP contribution in [0.3, 0.4) is 0 Å². The van der Waals surface area contributed by atoms with Gasteiger partial charge in [0, 0.05) is 6.54 Å². The Bertz CT molecular complexity index is 333. The second-order valence-corrected chi connectivity index (χ2v) is 3.47. The first-order valence-electron chi connectivity index (χ1n) is 5.31. The van der Waals surface area contributed by atoms with Crippen molar-refractivity contribution in [3.8, 4) is 5.75 Å². The minimum absolute atomic E-state index is 0.367. The van der Waals surface area contributed by atoms with Gasteiger partial charge in [0.15, 0.2) is 0 Å². The molecular weight excluding hydrogens is 206 g/mol. The van der Waals surface area contributed by atoms with Crippen LogP contribution in [0.1, 0.15) is 19.4 Å². The zero-order valence-electron chi connectivity index (χ0n) is 9.56. The Labute approximate surface area is 95.2 Å². The highest BCUT2D eigenvalue weighted by Gasteiger charge is 2.07. The second-order valence-electron chi connectivity index (χ2n) is 3.47. The summed E-state index contributed by atoms with van der Waals surface area (Å²) < 4.78 is 5.30. The highest BCUT2D eigenvalue weighted by atomic mass is 16.5. The molecule has 2 N–H and O–H groups in total. The van der Waals surface area contributed by atoms with Gasteiger partial charge in [-0.05, 0) is 31.5 Å². The number of carbonyl (C=O) groups excluding carboxylic acids is 1. The molecule has 16 heavy (non-hydrogen) atoms. The second kappa shape index (κ2) is 6.12. The van der Waals surface area contributed by atoms with Crippen LogP contribution in [0.15, 0.2) is 24.3 Å². The Kier molecular flexibility index (Phi) is 4.79.